The highest BCUT2D eigenvalue weighted by Gasteiger charge is 2.04. The zero-order chi connectivity index (χ0) is 13.9. The molecule has 20 heavy (non-hydrogen) atoms. The van der Waals surface area contributed by atoms with E-state index in [4.69, 9.17) is 16.3 Å². The maximum atomic E-state index is 6.03. The van der Waals surface area contributed by atoms with Crippen molar-refractivity contribution < 1.29 is 4.74 Å². The molecule has 0 N–H and O–H groups in total. The predicted molar refractivity (Wildman–Crippen MR) is 83.7 cm³/mol. The first-order valence-electron chi connectivity index (χ1n) is 6.72. The molecule has 0 aliphatic rings. The Bertz CT molecular complexity index is 733. The standard InChI is InChI=1S/C17H16ClNO/c1-2-20-16-6-7-17-14(11-16)8-9-19(17)12-13-4-3-5-15(18)10-13/h3-11H,2,12H2,1H3. The first-order chi connectivity index (χ1) is 9.76. The van der Waals surface area contributed by atoms with Crippen LogP contribution in [0.4, 0.5) is 0 Å². The molecule has 0 atom stereocenters. The highest BCUT2D eigenvalue weighted by atomic mass is 35.5. The van der Waals surface area contributed by atoms with E-state index >= 15 is 0 Å². The minimum absolute atomic E-state index is 0.689. The Balaban J connectivity index is 1.92. The lowest BCUT2D eigenvalue weighted by Crippen LogP contribution is -1.97. The van der Waals surface area contributed by atoms with Crippen molar-refractivity contribution in [2.24, 2.45) is 0 Å². The summed E-state index contributed by atoms with van der Waals surface area (Å²) in [5, 5.41) is 1.97. The van der Waals surface area contributed by atoms with Gasteiger partial charge in [-0.2, -0.15) is 0 Å². The molecule has 0 unspecified atom stereocenters. The molecule has 1 heterocycles. The summed E-state index contributed by atoms with van der Waals surface area (Å²) in [5.41, 5.74) is 2.40. The quantitative estimate of drug-likeness (QED) is 0.675. The van der Waals surface area contributed by atoms with Crippen LogP contribution >= 0.6 is 11.6 Å². The van der Waals surface area contributed by atoms with Crippen molar-refractivity contribution in [3.05, 3.63) is 65.3 Å². The molecule has 0 aliphatic heterocycles. The van der Waals surface area contributed by atoms with Gasteiger partial charge in [0.1, 0.15) is 5.75 Å². The molecular formula is C17H16ClNO. The smallest absolute Gasteiger partial charge is 0.120 e. The van der Waals surface area contributed by atoms with Gasteiger partial charge in [0.15, 0.2) is 0 Å². The SMILES string of the molecule is CCOc1ccc2c(ccn2Cc2cccc(Cl)c2)c1. The average molecular weight is 286 g/mol. The summed E-state index contributed by atoms with van der Waals surface area (Å²) in [6, 6.07) is 16.3. The number of halogens is 1. The Morgan fingerprint density at radius 1 is 1.10 bits per heavy atom. The molecule has 102 valence electrons. The molecule has 3 rings (SSSR count). The van der Waals surface area contributed by atoms with E-state index in [1.807, 2.05) is 31.2 Å². The largest absolute Gasteiger partial charge is 0.494 e. The van der Waals surface area contributed by atoms with E-state index in [9.17, 15) is 0 Å². The number of hydrogen-bond donors (Lipinski definition) is 0. The van der Waals surface area contributed by atoms with Gasteiger partial charge in [-0.05, 0) is 48.9 Å². The lowest BCUT2D eigenvalue weighted by atomic mass is 10.2. The Labute approximate surface area is 123 Å². The second kappa shape index (κ2) is 5.59. The molecular weight excluding hydrogens is 270 g/mol. The predicted octanol–water partition coefficient (Wildman–Crippen LogP) is 4.74. The molecule has 0 fully saturated rings. The van der Waals surface area contributed by atoms with Crippen LogP contribution in [0.5, 0.6) is 5.75 Å². The summed E-state index contributed by atoms with van der Waals surface area (Å²) in [4.78, 5) is 0. The minimum atomic E-state index is 0.689. The van der Waals surface area contributed by atoms with Crippen LogP contribution < -0.4 is 4.74 Å². The molecule has 2 aromatic carbocycles. The van der Waals surface area contributed by atoms with Crippen LogP contribution in [0.1, 0.15) is 12.5 Å². The van der Waals surface area contributed by atoms with Gasteiger partial charge in [0.05, 0.1) is 6.61 Å². The molecule has 0 amide bonds. The highest BCUT2D eigenvalue weighted by molar-refractivity contribution is 6.30. The van der Waals surface area contributed by atoms with Gasteiger partial charge in [-0.15, -0.1) is 0 Å². The number of benzene rings is 2. The van der Waals surface area contributed by atoms with Crippen LogP contribution in [0.25, 0.3) is 10.9 Å². The molecule has 0 radical (unpaired) electrons. The minimum Gasteiger partial charge on any atom is -0.494 e. The van der Waals surface area contributed by atoms with E-state index in [-0.39, 0.29) is 0 Å². The van der Waals surface area contributed by atoms with E-state index in [2.05, 4.69) is 35.0 Å². The van der Waals surface area contributed by atoms with Gasteiger partial charge in [0.2, 0.25) is 0 Å². The molecule has 0 saturated heterocycles. The van der Waals surface area contributed by atoms with Gasteiger partial charge in [0.25, 0.3) is 0 Å². The zero-order valence-electron chi connectivity index (χ0n) is 11.3. The first kappa shape index (κ1) is 13.1. The van der Waals surface area contributed by atoms with E-state index < -0.39 is 0 Å². The van der Waals surface area contributed by atoms with E-state index in [0.717, 1.165) is 17.3 Å². The molecule has 0 bridgehead atoms. The van der Waals surface area contributed by atoms with E-state index in [1.165, 1.54) is 16.5 Å². The van der Waals surface area contributed by atoms with Crippen molar-refractivity contribution in [1.82, 2.24) is 4.57 Å². The number of ether oxygens (including phenoxy) is 1. The van der Waals surface area contributed by atoms with Gasteiger partial charge >= 0.3 is 0 Å². The van der Waals surface area contributed by atoms with Crippen molar-refractivity contribution in [2.75, 3.05) is 6.61 Å². The third-order valence-corrected chi connectivity index (χ3v) is 3.53. The Morgan fingerprint density at radius 2 is 2.00 bits per heavy atom. The van der Waals surface area contributed by atoms with Gasteiger partial charge in [-0.25, -0.2) is 0 Å². The van der Waals surface area contributed by atoms with Crippen LogP contribution in [0.3, 0.4) is 0 Å². The fraction of sp³-hybridized carbons (Fsp3) is 0.176. The number of hydrogen-bond acceptors (Lipinski definition) is 1. The summed E-state index contributed by atoms with van der Waals surface area (Å²) < 4.78 is 7.75. The normalized spacial score (nSPS) is 10.9. The summed E-state index contributed by atoms with van der Waals surface area (Å²) in [6.45, 7) is 3.50. The van der Waals surface area contributed by atoms with Crippen LogP contribution in [0.2, 0.25) is 5.02 Å². The molecule has 1 aromatic heterocycles. The van der Waals surface area contributed by atoms with Crippen molar-refractivity contribution >= 4 is 22.5 Å². The van der Waals surface area contributed by atoms with Crippen molar-refractivity contribution in [1.29, 1.82) is 0 Å². The number of fused-ring (bicyclic) bond motifs is 1. The van der Waals surface area contributed by atoms with Crippen LogP contribution in [0, 0.1) is 0 Å². The monoisotopic (exact) mass is 285 g/mol. The van der Waals surface area contributed by atoms with Crippen molar-refractivity contribution in [3.8, 4) is 5.75 Å². The van der Waals surface area contributed by atoms with Gasteiger partial charge in [-0.3, -0.25) is 0 Å². The fourth-order valence-corrected chi connectivity index (χ4v) is 2.62. The Morgan fingerprint density at radius 3 is 2.80 bits per heavy atom. The van der Waals surface area contributed by atoms with Crippen LogP contribution in [-0.2, 0) is 6.54 Å². The topological polar surface area (TPSA) is 14.2 Å². The van der Waals surface area contributed by atoms with Gasteiger partial charge in [0, 0.05) is 28.7 Å². The maximum absolute atomic E-state index is 6.03. The maximum Gasteiger partial charge on any atom is 0.120 e. The Kier molecular flexibility index (Phi) is 3.66. The van der Waals surface area contributed by atoms with Gasteiger partial charge in [-0.1, -0.05) is 23.7 Å². The zero-order valence-corrected chi connectivity index (χ0v) is 12.1. The highest BCUT2D eigenvalue weighted by Crippen LogP contribution is 2.23. The fourth-order valence-electron chi connectivity index (χ4n) is 2.40. The van der Waals surface area contributed by atoms with Gasteiger partial charge < -0.3 is 9.30 Å². The third kappa shape index (κ3) is 2.66. The average Bonchev–Trinajstić information content (AvgIpc) is 2.82. The Hall–Kier alpha value is -1.93. The summed E-state index contributed by atoms with van der Waals surface area (Å²) >= 11 is 6.03. The molecule has 2 nitrogen and oxygen atoms in total. The molecule has 3 aromatic rings. The molecule has 0 spiro atoms. The summed E-state index contributed by atoms with van der Waals surface area (Å²) in [5.74, 6) is 0.917. The molecule has 0 saturated carbocycles. The summed E-state index contributed by atoms with van der Waals surface area (Å²) in [6.07, 6.45) is 2.10. The van der Waals surface area contributed by atoms with Crippen LogP contribution in [0.15, 0.2) is 54.7 Å². The van der Waals surface area contributed by atoms with Crippen molar-refractivity contribution in [2.45, 2.75) is 13.5 Å². The number of rotatable bonds is 4. The lowest BCUT2D eigenvalue weighted by molar-refractivity contribution is 0.340. The molecule has 0 aliphatic carbocycles. The lowest BCUT2D eigenvalue weighted by Gasteiger charge is -2.07. The van der Waals surface area contributed by atoms with E-state index in [1.54, 1.807) is 0 Å². The number of nitrogens with zero attached hydrogens (tertiary/aromatic N) is 1. The second-order valence-corrected chi connectivity index (χ2v) is 5.16. The number of aromatic nitrogens is 1. The van der Waals surface area contributed by atoms with Crippen molar-refractivity contribution in [3.63, 3.8) is 0 Å². The first-order valence-corrected chi connectivity index (χ1v) is 7.10. The summed E-state index contributed by atoms with van der Waals surface area (Å²) in [7, 11) is 0. The van der Waals surface area contributed by atoms with E-state index in [0.29, 0.717) is 6.61 Å². The van der Waals surface area contributed by atoms with Crippen LogP contribution in [-0.4, -0.2) is 11.2 Å². The second-order valence-electron chi connectivity index (χ2n) is 4.73. The molecule has 3 heteroatoms. The third-order valence-electron chi connectivity index (χ3n) is 3.30.